The van der Waals surface area contributed by atoms with E-state index in [4.69, 9.17) is 10.5 Å². The van der Waals surface area contributed by atoms with Gasteiger partial charge in [0.05, 0.1) is 5.75 Å². The maximum Gasteiger partial charge on any atom is 0.316 e. The van der Waals surface area contributed by atoms with Crippen molar-refractivity contribution in [2.45, 2.75) is 18.8 Å². The monoisotopic (exact) mass is 378 g/mol. The van der Waals surface area contributed by atoms with E-state index in [1.807, 2.05) is 17.5 Å². The number of nitrogens with two attached hydrogens (primary N) is 1. The number of carbonyl (C=O) groups is 3. The molecule has 1 aromatic carbocycles. The highest BCUT2D eigenvalue weighted by atomic mass is 32.2. The van der Waals surface area contributed by atoms with Gasteiger partial charge >= 0.3 is 5.97 Å². The molecule has 25 heavy (non-hydrogen) atoms. The predicted octanol–water partition coefficient (Wildman–Crippen LogP) is 2.65. The summed E-state index contributed by atoms with van der Waals surface area (Å²) in [7, 11) is 0. The van der Waals surface area contributed by atoms with E-state index in [0.29, 0.717) is 11.3 Å². The van der Waals surface area contributed by atoms with Crippen LogP contribution in [0.1, 0.15) is 22.2 Å². The summed E-state index contributed by atoms with van der Waals surface area (Å²) < 4.78 is 5.12. The average molecular weight is 378 g/mol. The minimum absolute atomic E-state index is 0.183. The Hall–Kier alpha value is -2.32. The van der Waals surface area contributed by atoms with E-state index in [1.54, 1.807) is 23.5 Å². The second-order valence-corrected chi connectivity index (χ2v) is 7.15. The first-order valence-electron chi connectivity index (χ1n) is 7.46. The number of benzene rings is 1. The molecule has 0 radical (unpaired) electrons. The van der Waals surface area contributed by atoms with Crippen molar-refractivity contribution in [1.82, 2.24) is 0 Å². The predicted molar refractivity (Wildman–Crippen MR) is 99.6 cm³/mol. The number of anilines is 1. The van der Waals surface area contributed by atoms with Crippen LogP contribution in [0.4, 0.5) is 5.69 Å². The van der Waals surface area contributed by atoms with Crippen LogP contribution >= 0.6 is 23.1 Å². The van der Waals surface area contributed by atoms with Crippen molar-refractivity contribution in [3.63, 3.8) is 0 Å². The molecule has 1 aromatic heterocycles. The molecule has 3 N–H and O–H groups in total. The van der Waals surface area contributed by atoms with Crippen LogP contribution in [0.2, 0.25) is 0 Å². The molecule has 1 heterocycles. The van der Waals surface area contributed by atoms with Gasteiger partial charge in [0.25, 0.3) is 5.91 Å². The van der Waals surface area contributed by atoms with Gasteiger partial charge in [-0.3, -0.25) is 14.4 Å². The molecule has 132 valence electrons. The number of nitrogens with one attached hydrogen (secondary N) is 1. The summed E-state index contributed by atoms with van der Waals surface area (Å²) in [4.78, 5) is 36.0. The normalized spacial score (nSPS) is 11.6. The van der Waals surface area contributed by atoms with Gasteiger partial charge < -0.3 is 15.8 Å². The standard InChI is InChI=1S/C17H18N2O4S2/c1-11(23-15(20)10-24-9-14-3-2-8-25-14)17(22)19-13-6-4-12(5-7-13)16(18)21/h2-8,11H,9-10H2,1H3,(H2,18,21)(H,19,22)/t11-/m1/s1. The van der Waals surface area contributed by atoms with Crippen LogP contribution in [0.25, 0.3) is 0 Å². The maximum atomic E-state index is 12.0. The van der Waals surface area contributed by atoms with Crippen LogP contribution in [0, 0.1) is 0 Å². The van der Waals surface area contributed by atoms with Crippen LogP contribution < -0.4 is 11.1 Å². The van der Waals surface area contributed by atoms with E-state index in [9.17, 15) is 14.4 Å². The summed E-state index contributed by atoms with van der Waals surface area (Å²) in [6, 6.07) is 10.1. The molecule has 0 saturated heterocycles. The summed E-state index contributed by atoms with van der Waals surface area (Å²) in [6.07, 6.45) is -0.911. The molecule has 0 aliphatic carbocycles. The van der Waals surface area contributed by atoms with Crippen molar-refractivity contribution < 1.29 is 19.1 Å². The number of carbonyl (C=O) groups excluding carboxylic acids is 3. The Morgan fingerprint density at radius 1 is 1.24 bits per heavy atom. The topological polar surface area (TPSA) is 98.5 Å². The summed E-state index contributed by atoms with van der Waals surface area (Å²) in [5, 5.41) is 4.60. The first-order chi connectivity index (χ1) is 12.0. The van der Waals surface area contributed by atoms with Gasteiger partial charge in [-0.25, -0.2) is 0 Å². The van der Waals surface area contributed by atoms with E-state index >= 15 is 0 Å². The third-order valence-corrected chi connectivity index (χ3v) is 5.17. The molecule has 2 aromatic rings. The molecular formula is C17H18N2O4S2. The minimum Gasteiger partial charge on any atom is -0.452 e. The second-order valence-electron chi connectivity index (χ2n) is 5.14. The maximum absolute atomic E-state index is 12.0. The van der Waals surface area contributed by atoms with Crippen LogP contribution in [-0.2, 0) is 20.1 Å². The first kappa shape index (κ1) is 19.0. The summed E-state index contributed by atoms with van der Waals surface area (Å²) >= 11 is 3.07. The number of hydrogen-bond acceptors (Lipinski definition) is 6. The highest BCUT2D eigenvalue weighted by Gasteiger charge is 2.18. The number of rotatable bonds is 8. The van der Waals surface area contributed by atoms with E-state index in [1.165, 1.54) is 35.7 Å². The lowest BCUT2D eigenvalue weighted by Gasteiger charge is -2.13. The fourth-order valence-electron chi connectivity index (χ4n) is 1.88. The second kappa shape index (κ2) is 9.24. The molecule has 2 rings (SSSR count). The van der Waals surface area contributed by atoms with Crippen molar-refractivity contribution in [2.24, 2.45) is 5.73 Å². The number of hydrogen-bond donors (Lipinski definition) is 2. The number of primary amides is 1. The molecule has 6 nitrogen and oxygen atoms in total. The number of esters is 1. The van der Waals surface area contributed by atoms with E-state index in [2.05, 4.69) is 5.32 Å². The molecule has 8 heteroatoms. The molecule has 0 fully saturated rings. The number of ether oxygens (including phenoxy) is 1. The summed E-state index contributed by atoms with van der Waals surface area (Å²) in [6.45, 7) is 1.51. The molecule has 2 amide bonds. The molecule has 0 spiro atoms. The third kappa shape index (κ3) is 6.24. The van der Waals surface area contributed by atoms with E-state index < -0.39 is 23.9 Å². The molecule has 0 aliphatic heterocycles. The fourth-order valence-corrected chi connectivity index (χ4v) is 3.52. The number of amides is 2. The molecule has 1 atom stereocenters. The number of thiophene rings is 1. The lowest BCUT2D eigenvalue weighted by Crippen LogP contribution is -2.30. The Balaban J connectivity index is 1.75. The van der Waals surface area contributed by atoms with E-state index in [-0.39, 0.29) is 5.75 Å². The number of thioether (sulfide) groups is 1. The minimum atomic E-state index is -0.911. The molecule has 0 saturated carbocycles. The molecule has 0 bridgehead atoms. The lowest BCUT2D eigenvalue weighted by molar-refractivity contribution is -0.150. The zero-order valence-corrected chi connectivity index (χ0v) is 15.2. The fraction of sp³-hybridized carbons (Fsp3) is 0.235. The molecular weight excluding hydrogens is 360 g/mol. The van der Waals surface area contributed by atoms with Gasteiger partial charge in [0, 0.05) is 21.9 Å². The van der Waals surface area contributed by atoms with Crippen molar-refractivity contribution in [1.29, 1.82) is 0 Å². The van der Waals surface area contributed by atoms with Gasteiger partial charge in [-0.15, -0.1) is 23.1 Å². The Labute approximate surface area is 153 Å². The average Bonchev–Trinajstić information content (AvgIpc) is 3.08. The third-order valence-electron chi connectivity index (χ3n) is 3.16. The van der Waals surface area contributed by atoms with Gasteiger partial charge in [-0.1, -0.05) is 6.07 Å². The highest BCUT2D eigenvalue weighted by Crippen LogP contribution is 2.17. The smallest absolute Gasteiger partial charge is 0.316 e. The Morgan fingerprint density at radius 3 is 2.56 bits per heavy atom. The van der Waals surface area contributed by atoms with Crippen molar-refractivity contribution in [3.8, 4) is 0 Å². The van der Waals surface area contributed by atoms with E-state index in [0.717, 1.165) is 5.75 Å². The van der Waals surface area contributed by atoms with Gasteiger partial charge in [0.2, 0.25) is 5.91 Å². The van der Waals surface area contributed by atoms with Crippen molar-refractivity contribution in [2.75, 3.05) is 11.1 Å². The SMILES string of the molecule is C[C@@H](OC(=O)CSCc1cccs1)C(=O)Nc1ccc(C(N)=O)cc1. The highest BCUT2D eigenvalue weighted by molar-refractivity contribution is 7.99. The quantitative estimate of drug-likeness (QED) is 0.688. The largest absolute Gasteiger partial charge is 0.452 e. The molecule has 0 unspecified atom stereocenters. The summed E-state index contributed by atoms with van der Waals surface area (Å²) in [5.41, 5.74) is 5.99. The lowest BCUT2D eigenvalue weighted by atomic mass is 10.2. The van der Waals surface area contributed by atoms with Gasteiger partial charge in [0.15, 0.2) is 6.10 Å². The van der Waals surface area contributed by atoms with Gasteiger partial charge in [0.1, 0.15) is 0 Å². The van der Waals surface area contributed by atoms with Crippen molar-refractivity contribution >= 4 is 46.6 Å². The Kier molecular flexibility index (Phi) is 7.03. The summed E-state index contributed by atoms with van der Waals surface area (Å²) in [5.74, 6) is -0.500. The van der Waals surface area contributed by atoms with Crippen LogP contribution in [-0.4, -0.2) is 29.6 Å². The zero-order valence-electron chi connectivity index (χ0n) is 13.6. The Morgan fingerprint density at radius 2 is 1.96 bits per heavy atom. The van der Waals surface area contributed by atoms with Crippen LogP contribution in [0.3, 0.4) is 0 Å². The Bertz CT molecular complexity index is 730. The van der Waals surface area contributed by atoms with Crippen LogP contribution in [0.5, 0.6) is 0 Å². The van der Waals surface area contributed by atoms with Crippen molar-refractivity contribution in [3.05, 3.63) is 52.2 Å². The first-order valence-corrected chi connectivity index (χ1v) is 9.49. The van der Waals surface area contributed by atoms with Gasteiger partial charge in [-0.2, -0.15) is 0 Å². The van der Waals surface area contributed by atoms with Crippen LogP contribution in [0.15, 0.2) is 41.8 Å². The van der Waals surface area contributed by atoms with Gasteiger partial charge in [-0.05, 0) is 42.6 Å². The molecule has 0 aliphatic rings. The zero-order chi connectivity index (χ0) is 18.2.